The minimum Gasteiger partial charge on any atom is -0.435 e. The molecule has 13 heavy (non-hydrogen) atoms. The summed E-state index contributed by atoms with van der Waals surface area (Å²) in [5.74, 6) is 0.468. The van der Waals surface area contributed by atoms with Crippen molar-refractivity contribution in [3.8, 4) is 5.95 Å². The maximum Gasteiger partial charge on any atom is 0.314 e. The zero-order valence-electron chi connectivity index (χ0n) is 8.50. The lowest BCUT2D eigenvalue weighted by Gasteiger charge is -2.10. The molecule has 72 valence electrons. The van der Waals surface area contributed by atoms with Gasteiger partial charge in [0, 0.05) is 12.3 Å². The van der Waals surface area contributed by atoms with E-state index in [1.165, 1.54) is 0 Å². The molecule has 1 aromatic rings. The lowest BCUT2D eigenvalue weighted by atomic mass is 10.6. The zero-order chi connectivity index (χ0) is 9.90. The second kappa shape index (κ2) is 3.78. The van der Waals surface area contributed by atoms with Crippen LogP contribution >= 0.6 is 0 Å². The molecule has 0 atom stereocenters. The van der Waals surface area contributed by atoms with Crippen molar-refractivity contribution in [2.75, 3.05) is 0 Å². The Morgan fingerprint density at radius 3 is 2.54 bits per heavy atom. The first-order valence-electron chi connectivity index (χ1n) is 4.29. The van der Waals surface area contributed by atoms with E-state index in [0.29, 0.717) is 5.95 Å². The van der Waals surface area contributed by atoms with Crippen LogP contribution in [-0.4, -0.2) is 14.3 Å². The molecular weight excluding hydrogens is 182 g/mol. The van der Waals surface area contributed by atoms with Crippen LogP contribution in [0.5, 0.6) is 5.95 Å². The summed E-state index contributed by atoms with van der Waals surface area (Å²) in [5, 5.41) is 4.67. The maximum absolute atomic E-state index is 5.48. The minimum absolute atomic E-state index is 0.468. The van der Waals surface area contributed by atoms with Crippen molar-refractivity contribution in [2.24, 2.45) is 5.16 Å². The van der Waals surface area contributed by atoms with Crippen LogP contribution in [0.1, 0.15) is 6.92 Å². The van der Waals surface area contributed by atoms with E-state index in [4.69, 9.17) is 9.25 Å². The molecule has 0 aliphatic carbocycles. The quantitative estimate of drug-likeness (QED) is 0.423. The highest BCUT2D eigenvalue weighted by Crippen LogP contribution is 2.13. The van der Waals surface area contributed by atoms with Gasteiger partial charge in [-0.2, -0.15) is 0 Å². The molecule has 0 unspecified atom stereocenters. The number of furan rings is 1. The minimum atomic E-state index is -1.35. The van der Waals surface area contributed by atoms with Crippen LogP contribution in [0.4, 0.5) is 0 Å². The van der Waals surface area contributed by atoms with Crippen molar-refractivity contribution in [3.05, 3.63) is 12.1 Å². The Morgan fingerprint density at radius 2 is 2.08 bits per heavy atom. The highest BCUT2D eigenvalue weighted by atomic mass is 28.3. The van der Waals surface area contributed by atoms with Gasteiger partial charge in [-0.1, -0.05) is 24.8 Å². The summed E-state index contributed by atoms with van der Waals surface area (Å²) in [6.07, 6.45) is 1.58. The van der Waals surface area contributed by atoms with E-state index in [-0.39, 0.29) is 0 Å². The van der Waals surface area contributed by atoms with E-state index < -0.39 is 8.07 Å². The molecule has 0 bridgehead atoms. The van der Waals surface area contributed by atoms with E-state index in [9.17, 15) is 0 Å². The molecule has 1 heterocycles. The van der Waals surface area contributed by atoms with Gasteiger partial charge in [-0.15, -0.1) is 0 Å². The predicted molar refractivity (Wildman–Crippen MR) is 56.5 cm³/mol. The van der Waals surface area contributed by atoms with Gasteiger partial charge in [0.15, 0.2) is 0 Å². The van der Waals surface area contributed by atoms with Gasteiger partial charge in [-0.05, 0) is 13.0 Å². The van der Waals surface area contributed by atoms with Gasteiger partial charge in [0.1, 0.15) is 8.07 Å². The van der Waals surface area contributed by atoms with Crippen molar-refractivity contribution in [2.45, 2.75) is 26.6 Å². The molecule has 3 nitrogen and oxygen atoms in total. The van der Waals surface area contributed by atoms with Crippen LogP contribution in [0.3, 0.4) is 0 Å². The molecule has 0 fully saturated rings. The van der Waals surface area contributed by atoms with E-state index in [1.54, 1.807) is 19.2 Å². The monoisotopic (exact) mass is 197 g/mol. The highest BCUT2D eigenvalue weighted by Gasteiger charge is 2.21. The first kappa shape index (κ1) is 10.1. The molecule has 1 rings (SSSR count). The van der Waals surface area contributed by atoms with Crippen molar-refractivity contribution in [1.82, 2.24) is 0 Å². The third kappa shape index (κ3) is 2.73. The van der Waals surface area contributed by atoms with Crippen molar-refractivity contribution in [3.63, 3.8) is 0 Å². The molecule has 0 aromatic carbocycles. The van der Waals surface area contributed by atoms with Crippen LogP contribution in [0.25, 0.3) is 0 Å². The summed E-state index contributed by atoms with van der Waals surface area (Å²) in [4.78, 5) is 4.96. The zero-order valence-corrected chi connectivity index (χ0v) is 9.50. The Labute approximate surface area is 79.4 Å². The predicted octanol–water partition coefficient (Wildman–Crippen LogP) is 2.21. The van der Waals surface area contributed by atoms with E-state index in [0.717, 1.165) is 5.38 Å². The van der Waals surface area contributed by atoms with Crippen LogP contribution < -0.4 is 10.2 Å². The number of nitrogens with zero attached hydrogens (tertiary/aromatic N) is 1. The van der Waals surface area contributed by atoms with Crippen molar-refractivity contribution in [1.29, 1.82) is 0 Å². The average molecular weight is 197 g/mol. The van der Waals surface area contributed by atoms with Gasteiger partial charge in [-0.3, -0.25) is 0 Å². The molecule has 0 saturated heterocycles. The lowest BCUT2D eigenvalue weighted by Crippen LogP contribution is -2.36. The SMILES string of the molecule is C/C=N/Oc1ccc([Si](C)(C)C)o1. The van der Waals surface area contributed by atoms with Gasteiger partial charge in [0.05, 0.1) is 5.38 Å². The fourth-order valence-electron chi connectivity index (χ4n) is 0.877. The molecule has 0 saturated carbocycles. The summed E-state index contributed by atoms with van der Waals surface area (Å²) in [6, 6.07) is 3.77. The van der Waals surface area contributed by atoms with Gasteiger partial charge in [-0.25, -0.2) is 0 Å². The fourth-order valence-corrected chi connectivity index (χ4v) is 1.87. The van der Waals surface area contributed by atoms with Gasteiger partial charge in [0.2, 0.25) is 0 Å². The molecule has 0 spiro atoms. The van der Waals surface area contributed by atoms with E-state index in [2.05, 4.69) is 24.8 Å². The van der Waals surface area contributed by atoms with Crippen molar-refractivity contribution >= 4 is 19.7 Å². The fraction of sp³-hybridized carbons (Fsp3) is 0.444. The number of rotatable bonds is 3. The maximum atomic E-state index is 5.48. The Balaban J connectivity index is 2.75. The summed E-state index contributed by atoms with van der Waals surface area (Å²) < 4.78 is 5.48. The Morgan fingerprint density at radius 1 is 1.38 bits per heavy atom. The third-order valence-electron chi connectivity index (χ3n) is 1.57. The summed E-state index contributed by atoms with van der Waals surface area (Å²) in [6.45, 7) is 8.46. The molecule has 4 heteroatoms. The molecule has 0 N–H and O–H groups in total. The molecular formula is C9H15NO2Si. The molecule has 0 aliphatic rings. The van der Waals surface area contributed by atoms with Gasteiger partial charge >= 0.3 is 5.95 Å². The topological polar surface area (TPSA) is 34.7 Å². The smallest absolute Gasteiger partial charge is 0.314 e. The Hall–Kier alpha value is -1.03. The van der Waals surface area contributed by atoms with Crippen LogP contribution in [0.15, 0.2) is 21.7 Å². The first-order chi connectivity index (χ1) is 6.04. The van der Waals surface area contributed by atoms with Gasteiger partial charge in [0.25, 0.3) is 0 Å². The number of hydrogen-bond acceptors (Lipinski definition) is 3. The van der Waals surface area contributed by atoms with Crippen molar-refractivity contribution < 1.29 is 9.25 Å². The summed E-state index contributed by atoms with van der Waals surface area (Å²) in [5.41, 5.74) is 0. The Bertz CT molecular complexity index is 299. The highest BCUT2D eigenvalue weighted by molar-refractivity contribution is 6.87. The van der Waals surface area contributed by atoms with Crippen LogP contribution in [-0.2, 0) is 0 Å². The molecule has 0 radical (unpaired) electrons. The second-order valence-electron chi connectivity index (χ2n) is 3.82. The van der Waals surface area contributed by atoms with Crippen LogP contribution in [0, 0.1) is 0 Å². The average Bonchev–Trinajstić information content (AvgIpc) is 2.47. The van der Waals surface area contributed by atoms with Crippen LogP contribution in [0.2, 0.25) is 19.6 Å². The molecule has 1 aromatic heterocycles. The first-order valence-corrected chi connectivity index (χ1v) is 7.79. The van der Waals surface area contributed by atoms with E-state index >= 15 is 0 Å². The lowest BCUT2D eigenvalue weighted by molar-refractivity contribution is 0.263. The largest absolute Gasteiger partial charge is 0.435 e. The van der Waals surface area contributed by atoms with Gasteiger partial charge < -0.3 is 9.25 Å². The number of oxime groups is 1. The summed E-state index contributed by atoms with van der Waals surface area (Å²) >= 11 is 0. The Kier molecular flexibility index (Phi) is 2.93. The standard InChI is InChI=1S/C9H15NO2Si/c1-5-10-12-8-6-7-9(11-8)13(2,3)4/h5-7H,1-4H3/b10-5+. The van der Waals surface area contributed by atoms with E-state index in [1.807, 2.05) is 6.07 Å². The third-order valence-corrected chi connectivity index (χ3v) is 3.32. The second-order valence-corrected chi connectivity index (χ2v) is 8.82. The normalized spacial score (nSPS) is 12.3. The molecule has 0 amide bonds. The summed E-state index contributed by atoms with van der Waals surface area (Å²) in [7, 11) is -1.35. The molecule has 0 aliphatic heterocycles. The number of hydrogen-bond donors (Lipinski definition) is 0.